The van der Waals surface area contributed by atoms with Crippen LogP contribution in [0.4, 0.5) is 10.5 Å². The number of aliphatic hydroxyl groups is 1. The molecule has 1 saturated carbocycles. The van der Waals surface area contributed by atoms with E-state index in [-0.39, 0.29) is 18.1 Å². The summed E-state index contributed by atoms with van der Waals surface area (Å²) in [4.78, 5) is 14.0. The minimum absolute atomic E-state index is 0.175. The molecule has 1 fully saturated rings. The highest BCUT2D eigenvalue weighted by molar-refractivity contribution is 5.89. The molecule has 0 saturated heterocycles. The normalized spacial score (nSPS) is 20.1. The van der Waals surface area contributed by atoms with E-state index >= 15 is 0 Å². The number of hydrogen-bond donors (Lipinski definition) is 2. The predicted molar refractivity (Wildman–Crippen MR) is 93.3 cm³/mol. The van der Waals surface area contributed by atoms with E-state index in [0.29, 0.717) is 12.2 Å². The molecule has 6 heteroatoms. The van der Waals surface area contributed by atoms with Crippen LogP contribution in [0.3, 0.4) is 0 Å². The molecule has 2 atom stereocenters. The molecule has 0 radical (unpaired) electrons. The average Bonchev–Trinajstić information content (AvgIpc) is 3.15. The van der Waals surface area contributed by atoms with Gasteiger partial charge in [-0.3, -0.25) is 0 Å². The number of nitrogens with one attached hydrogen (secondary N) is 1. The fourth-order valence-corrected chi connectivity index (χ4v) is 3.24. The minimum Gasteiger partial charge on any atom is -0.393 e. The van der Waals surface area contributed by atoms with Crippen LogP contribution < -0.4 is 5.32 Å². The van der Waals surface area contributed by atoms with Gasteiger partial charge in [0, 0.05) is 19.5 Å². The highest BCUT2D eigenvalue weighted by Gasteiger charge is 2.27. The van der Waals surface area contributed by atoms with Crippen molar-refractivity contribution in [1.82, 2.24) is 14.7 Å². The van der Waals surface area contributed by atoms with Gasteiger partial charge >= 0.3 is 6.03 Å². The van der Waals surface area contributed by atoms with Gasteiger partial charge in [-0.25, -0.2) is 9.48 Å². The molecule has 1 aliphatic rings. The maximum absolute atomic E-state index is 12.4. The van der Waals surface area contributed by atoms with Gasteiger partial charge in [-0.15, -0.1) is 0 Å². The molecule has 3 rings (SSSR count). The largest absolute Gasteiger partial charge is 0.393 e. The third-order valence-corrected chi connectivity index (χ3v) is 4.73. The SMILES string of the molecule is Cc1c(NC(=O)N(C)CC2CCCC2O)cnn1-c1ccccc1. The Bertz CT molecular complexity index is 698. The van der Waals surface area contributed by atoms with Gasteiger partial charge in [-0.2, -0.15) is 5.10 Å². The highest BCUT2D eigenvalue weighted by Crippen LogP contribution is 2.26. The molecule has 6 nitrogen and oxygen atoms in total. The first-order valence-corrected chi connectivity index (χ1v) is 8.36. The number of rotatable bonds is 4. The molecular weight excluding hydrogens is 304 g/mol. The number of urea groups is 1. The van der Waals surface area contributed by atoms with E-state index in [1.807, 2.05) is 37.3 Å². The van der Waals surface area contributed by atoms with E-state index in [4.69, 9.17) is 0 Å². The number of anilines is 1. The van der Waals surface area contributed by atoms with Crippen LogP contribution in [0.25, 0.3) is 5.69 Å². The molecule has 2 N–H and O–H groups in total. The first-order valence-electron chi connectivity index (χ1n) is 8.36. The number of aromatic nitrogens is 2. The molecule has 2 aromatic rings. The van der Waals surface area contributed by atoms with Crippen molar-refractivity contribution in [2.24, 2.45) is 5.92 Å². The smallest absolute Gasteiger partial charge is 0.321 e. The molecule has 0 spiro atoms. The fraction of sp³-hybridized carbons (Fsp3) is 0.444. The van der Waals surface area contributed by atoms with Crippen LogP contribution in [-0.2, 0) is 0 Å². The van der Waals surface area contributed by atoms with Crippen LogP contribution >= 0.6 is 0 Å². The molecule has 2 amide bonds. The average molecular weight is 328 g/mol. The van der Waals surface area contributed by atoms with Crippen LogP contribution in [-0.4, -0.2) is 45.5 Å². The van der Waals surface area contributed by atoms with Crippen molar-refractivity contribution in [3.05, 3.63) is 42.2 Å². The van der Waals surface area contributed by atoms with E-state index in [2.05, 4.69) is 10.4 Å². The predicted octanol–water partition coefficient (Wildman–Crippen LogP) is 2.81. The summed E-state index contributed by atoms with van der Waals surface area (Å²) in [5.41, 5.74) is 2.53. The Morgan fingerprint density at radius 1 is 1.38 bits per heavy atom. The number of nitrogens with zero attached hydrogens (tertiary/aromatic N) is 3. The van der Waals surface area contributed by atoms with E-state index in [0.717, 1.165) is 30.6 Å². The number of carbonyl (C=O) groups excluding carboxylic acids is 1. The maximum Gasteiger partial charge on any atom is 0.321 e. The van der Waals surface area contributed by atoms with Crippen molar-refractivity contribution >= 4 is 11.7 Å². The number of carbonyl (C=O) groups is 1. The second kappa shape index (κ2) is 7.05. The zero-order chi connectivity index (χ0) is 17.1. The van der Waals surface area contributed by atoms with Crippen LogP contribution in [0.15, 0.2) is 36.5 Å². The lowest BCUT2D eigenvalue weighted by molar-refractivity contribution is 0.116. The highest BCUT2D eigenvalue weighted by atomic mass is 16.3. The minimum atomic E-state index is -0.289. The quantitative estimate of drug-likeness (QED) is 0.906. The van der Waals surface area contributed by atoms with Gasteiger partial charge in [0.2, 0.25) is 0 Å². The molecule has 128 valence electrons. The standard InChI is InChI=1S/C18H24N4O2/c1-13-16(11-19-22(13)15-8-4-3-5-9-15)20-18(24)21(2)12-14-7-6-10-17(14)23/h3-5,8-9,11,14,17,23H,6-7,10,12H2,1-2H3,(H,20,24). The second-order valence-corrected chi connectivity index (χ2v) is 6.46. The van der Waals surface area contributed by atoms with Gasteiger partial charge in [0.25, 0.3) is 0 Å². The van der Waals surface area contributed by atoms with Crippen LogP contribution in [0.1, 0.15) is 25.0 Å². The van der Waals surface area contributed by atoms with Crippen molar-refractivity contribution in [2.45, 2.75) is 32.3 Å². The Morgan fingerprint density at radius 3 is 2.79 bits per heavy atom. The summed E-state index contributed by atoms with van der Waals surface area (Å²) >= 11 is 0. The lowest BCUT2D eigenvalue weighted by Gasteiger charge is -2.23. The third kappa shape index (κ3) is 3.43. The molecule has 1 aliphatic carbocycles. The Balaban J connectivity index is 1.65. The summed E-state index contributed by atoms with van der Waals surface area (Å²) in [6, 6.07) is 9.63. The van der Waals surface area contributed by atoms with Gasteiger partial charge in [-0.05, 0) is 31.9 Å². The Morgan fingerprint density at radius 2 is 2.12 bits per heavy atom. The van der Waals surface area contributed by atoms with E-state index in [1.165, 1.54) is 0 Å². The van der Waals surface area contributed by atoms with Crippen molar-refractivity contribution < 1.29 is 9.90 Å². The summed E-state index contributed by atoms with van der Waals surface area (Å²) in [6.45, 7) is 2.50. The molecular formula is C18H24N4O2. The molecule has 1 aromatic carbocycles. The summed E-state index contributed by atoms with van der Waals surface area (Å²) < 4.78 is 1.80. The van der Waals surface area contributed by atoms with Gasteiger partial charge in [0.15, 0.2) is 0 Å². The Labute approximate surface area is 142 Å². The number of hydrogen-bond acceptors (Lipinski definition) is 3. The van der Waals surface area contributed by atoms with Crippen molar-refractivity contribution in [3.8, 4) is 5.69 Å². The lowest BCUT2D eigenvalue weighted by Crippen LogP contribution is -2.37. The molecule has 1 aromatic heterocycles. The van der Waals surface area contributed by atoms with Gasteiger partial charge in [-0.1, -0.05) is 24.6 Å². The first kappa shape index (κ1) is 16.5. The maximum atomic E-state index is 12.4. The lowest BCUT2D eigenvalue weighted by atomic mass is 10.1. The van der Waals surface area contributed by atoms with Crippen molar-refractivity contribution in [1.29, 1.82) is 0 Å². The fourth-order valence-electron chi connectivity index (χ4n) is 3.24. The zero-order valence-corrected chi connectivity index (χ0v) is 14.1. The summed E-state index contributed by atoms with van der Waals surface area (Å²) in [5.74, 6) is 0.175. The number of benzene rings is 1. The zero-order valence-electron chi connectivity index (χ0n) is 14.1. The van der Waals surface area contributed by atoms with E-state index < -0.39 is 0 Å². The van der Waals surface area contributed by atoms with Crippen molar-refractivity contribution in [3.63, 3.8) is 0 Å². The van der Waals surface area contributed by atoms with Gasteiger partial charge in [0.1, 0.15) is 0 Å². The molecule has 1 heterocycles. The van der Waals surface area contributed by atoms with Crippen LogP contribution in [0.5, 0.6) is 0 Å². The first-order chi connectivity index (χ1) is 11.6. The van der Waals surface area contributed by atoms with E-state index in [9.17, 15) is 9.90 Å². The summed E-state index contributed by atoms with van der Waals surface area (Å²) in [5, 5.41) is 17.2. The number of aliphatic hydroxyl groups excluding tert-OH is 1. The Hall–Kier alpha value is -2.34. The second-order valence-electron chi connectivity index (χ2n) is 6.46. The van der Waals surface area contributed by atoms with Crippen molar-refractivity contribution in [2.75, 3.05) is 18.9 Å². The summed E-state index contributed by atoms with van der Waals surface area (Å²) in [6.07, 6.45) is 4.22. The van der Waals surface area contributed by atoms with Gasteiger partial charge < -0.3 is 15.3 Å². The molecule has 24 heavy (non-hydrogen) atoms. The van der Waals surface area contributed by atoms with Gasteiger partial charge in [0.05, 0.1) is 29.4 Å². The Kier molecular flexibility index (Phi) is 4.85. The topological polar surface area (TPSA) is 70.4 Å². The monoisotopic (exact) mass is 328 g/mol. The molecule has 0 bridgehead atoms. The van der Waals surface area contributed by atoms with Crippen LogP contribution in [0, 0.1) is 12.8 Å². The molecule has 2 unspecified atom stereocenters. The number of para-hydroxylation sites is 1. The molecule has 0 aliphatic heterocycles. The van der Waals surface area contributed by atoms with Crippen LogP contribution in [0.2, 0.25) is 0 Å². The van der Waals surface area contributed by atoms with E-state index in [1.54, 1.807) is 22.8 Å². The summed E-state index contributed by atoms with van der Waals surface area (Å²) in [7, 11) is 1.76. The number of amides is 2. The third-order valence-electron chi connectivity index (χ3n) is 4.73.